The summed E-state index contributed by atoms with van der Waals surface area (Å²) in [6.45, 7) is 5.18. The highest BCUT2D eigenvalue weighted by Crippen LogP contribution is 2.29. The molecule has 2 aromatic carbocycles. The van der Waals surface area contributed by atoms with Crippen LogP contribution in [0.3, 0.4) is 0 Å². The van der Waals surface area contributed by atoms with Gasteiger partial charge in [-0.25, -0.2) is 14.4 Å². The van der Waals surface area contributed by atoms with E-state index in [1.165, 1.54) is 36.0 Å². The molecule has 3 N–H and O–H groups in total. The van der Waals surface area contributed by atoms with Gasteiger partial charge in [0.15, 0.2) is 0 Å². The molecule has 0 fully saturated rings. The van der Waals surface area contributed by atoms with Gasteiger partial charge in [-0.05, 0) is 47.3 Å². The van der Waals surface area contributed by atoms with Crippen molar-refractivity contribution in [3.05, 3.63) is 96.1 Å². The summed E-state index contributed by atoms with van der Waals surface area (Å²) in [6.07, 6.45) is 3.52. The van der Waals surface area contributed by atoms with Crippen LogP contribution >= 0.6 is 23.9 Å². The molecular formula is C25H29FN6S2. The number of pyridine rings is 1. The summed E-state index contributed by atoms with van der Waals surface area (Å²) in [5.74, 6) is 1.11. The second-order valence-electron chi connectivity index (χ2n) is 7.01. The number of halogens is 1. The molecule has 4 rings (SSSR count). The van der Waals surface area contributed by atoms with Gasteiger partial charge in [-0.15, -0.1) is 0 Å². The van der Waals surface area contributed by atoms with Gasteiger partial charge in [-0.2, -0.15) is 5.10 Å². The molecule has 34 heavy (non-hydrogen) atoms. The summed E-state index contributed by atoms with van der Waals surface area (Å²) in [4.78, 5) is 9.82. The molecule has 0 aliphatic carbocycles. The molecule has 0 bridgehead atoms. The highest BCUT2D eigenvalue weighted by atomic mass is 32.2. The Hall–Kier alpha value is -2.88. The number of benzene rings is 2. The molecule has 1 aliphatic heterocycles. The molecule has 6 nitrogen and oxygen atoms in total. The fourth-order valence-electron chi connectivity index (χ4n) is 3.34. The Balaban J connectivity index is 0.00000158. The molecule has 0 saturated heterocycles. The number of nitrogens with one attached hydrogen (secondary N) is 1. The fourth-order valence-corrected chi connectivity index (χ4v) is 4.18. The number of aliphatic imine (C=N–C) groups is 1. The van der Waals surface area contributed by atoms with Crippen molar-refractivity contribution in [2.75, 3.05) is 18.8 Å². The van der Waals surface area contributed by atoms with Crippen molar-refractivity contribution >= 4 is 35.6 Å². The summed E-state index contributed by atoms with van der Waals surface area (Å²) in [7, 11) is 0. The van der Waals surface area contributed by atoms with Crippen LogP contribution < -0.4 is 9.86 Å². The monoisotopic (exact) mass is 496 g/mol. The van der Waals surface area contributed by atoms with Crippen molar-refractivity contribution in [3.63, 3.8) is 0 Å². The molecule has 0 spiro atoms. The van der Waals surface area contributed by atoms with E-state index in [4.69, 9.17) is 15.2 Å². The summed E-state index contributed by atoms with van der Waals surface area (Å²) in [6, 6.07) is 20.5. The minimum Gasteiger partial charge on any atom is -0.295 e. The van der Waals surface area contributed by atoms with Crippen LogP contribution in [-0.2, 0) is 0 Å². The molecule has 9 heteroatoms. The maximum absolute atomic E-state index is 13.5. The van der Waals surface area contributed by atoms with Gasteiger partial charge in [-0.3, -0.25) is 14.8 Å². The summed E-state index contributed by atoms with van der Waals surface area (Å²) < 4.78 is 16.9. The molecule has 1 unspecified atom stereocenters. The highest BCUT2D eigenvalue weighted by molar-refractivity contribution is 7.98. The smallest absolute Gasteiger partial charge is 0.225 e. The molecule has 2 heterocycles. The third kappa shape index (κ3) is 7.06. The largest absolute Gasteiger partial charge is 0.295 e. The molecule has 1 aliphatic rings. The van der Waals surface area contributed by atoms with Crippen LogP contribution in [0.4, 0.5) is 4.39 Å². The van der Waals surface area contributed by atoms with Crippen LogP contribution in [0.1, 0.15) is 30.9 Å². The summed E-state index contributed by atoms with van der Waals surface area (Å²) in [5, 5.41) is 12.4. The third-order valence-corrected chi connectivity index (χ3v) is 6.05. The number of aromatic nitrogens is 1. The molecule has 0 radical (unpaired) electrons. The van der Waals surface area contributed by atoms with Crippen molar-refractivity contribution in [3.8, 4) is 0 Å². The minimum absolute atomic E-state index is 0.0286. The average molecular weight is 497 g/mol. The average Bonchev–Trinajstić information content (AvgIpc) is 3.34. The first-order valence-electron chi connectivity index (χ1n) is 11.1. The van der Waals surface area contributed by atoms with E-state index in [0.717, 1.165) is 21.7 Å². The Labute approximate surface area is 209 Å². The van der Waals surface area contributed by atoms with Gasteiger partial charge in [0, 0.05) is 29.0 Å². The van der Waals surface area contributed by atoms with E-state index in [2.05, 4.69) is 21.8 Å². The first-order chi connectivity index (χ1) is 16.7. The Morgan fingerprint density at radius 2 is 1.88 bits per heavy atom. The van der Waals surface area contributed by atoms with E-state index in [1.54, 1.807) is 24.5 Å². The lowest BCUT2D eigenvalue weighted by atomic mass is 9.91. The minimum atomic E-state index is -0.267. The predicted molar refractivity (Wildman–Crippen MR) is 142 cm³/mol. The lowest BCUT2D eigenvalue weighted by Gasteiger charge is -2.19. The molecule has 1 aromatic heterocycles. The van der Waals surface area contributed by atoms with Crippen LogP contribution in [0.5, 0.6) is 0 Å². The van der Waals surface area contributed by atoms with Gasteiger partial charge in [0.1, 0.15) is 5.82 Å². The number of hydrogen-bond donors (Lipinski definition) is 2. The topological polar surface area (TPSA) is 78.9 Å². The molecule has 0 amide bonds. The van der Waals surface area contributed by atoms with Crippen molar-refractivity contribution < 1.29 is 4.39 Å². The van der Waals surface area contributed by atoms with Crippen molar-refractivity contribution in [2.45, 2.75) is 24.7 Å². The zero-order valence-corrected chi connectivity index (χ0v) is 20.9. The summed E-state index contributed by atoms with van der Waals surface area (Å²) in [5.41, 5.74) is 2.92. The van der Waals surface area contributed by atoms with Gasteiger partial charge in [-0.1, -0.05) is 68.3 Å². The molecule has 178 valence electrons. The Kier molecular flexibility index (Phi) is 10.4. The van der Waals surface area contributed by atoms with Crippen molar-refractivity contribution in [1.82, 2.24) is 14.7 Å². The van der Waals surface area contributed by atoms with Crippen LogP contribution in [-0.4, -0.2) is 40.5 Å². The molecule has 1 atom stereocenters. The van der Waals surface area contributed by atoms with Gasteiger partial charge in [0.2, 0.25) is 5.96 Å². The third-order valence-electron chi connectivity index (χ3n) is 4.87. The zero-order chi connectivity index (χ0) is 24.2. The van der Waals surface area contributed by atoms with E-state index >= 15 is 0 Å². The maximum atomic E-state index is 13.5. The van der Waals surface area contributed by atoms with Gasteiger partial charge in [0.25, 0.3) is 0 Å². The second kappa shape index (κ2) is 13.7. The van der Waals surface area contributed by atoms with Crippen LogP contribution in [0.2, 0.25) is 0 Å². The molecule has 0 saturated carbocycles. The van der Waals surface area contributed by atoms with Gasteiger partial charge < -0.3 is 0 Å². The number of rotatable bonds is 7. The lowest BCUT2D eigenvalue weighted by molar-refractivity contribution is 0.464. The number of nitrogens with two attached hydrogens (primary N) is 1. The van der Waals surface area contributed by atoms with Crippen LogP contribution in [0.25, 0.3) is 0 Å². The van der Waals surface area contributed by atoms with Gasteiger partial charge in [0.05, 0.1) is 18.8 Å². The highest BCUT2D eigenvalue weighted by Gasteiger charge is 2.31. The first kappa shape index (κ1) is 25.7. The second-order valence-corrected chi connectivity index (χ2v) is 8.63. The number of guanidine groups is 1. The quantitative estimate of drug-likeness (QED) is 0.200. The van der Waals surface area contributed by atoms with Crippen LogP contribution in [0, 0.1) is 5.82 Å². The Morgan fingerprint density at radius 1 is 1.12 bits per heavy atom. The van der Waals surface area contributed by atoms with E-state index in [-0.39, 0.29) is 11.7 Å². The number of hydrogen-bond acceptors (Lipinski definition) is 6. The van der Waals surface area contributed by atoms with E-state index in [9.17, 15) is 4.39 Å². The molecular weight excluding hydrogens is 467 g/mol. The van der Waals surface area contributed by atoms with E-state index in [1.807, 2.05) is 49.2 Å². The summed E-state index contributed by atoms with van der Waals surface area (Å²) >= 11 is 2.68. The normalized spacial score (nSPS) is 15.4. The lowest BCUT2D eigenvalue weighted by Crippen LogP contribution is -2.34. The molecule has 3 aromatic rings. The van der Waals surface area contributed by atoms with Crippen molar-refractivity contribution in [2.24, 2.45) is 15.2 Å². The van der Waals surface area contributed by atoms with Crippen molar-refractivity contribution in [1.29, 1.82) is 0 Å². The van der Waals surface area contributed by atoms with Crippen LogP contribution in [0.15, 0.2) is 94.1 Å². The maximum Gasteiger partial charge on any atom is 0.225 e. The standard InChI is InChI=1S/C23H23FN6S2.C2H6/c24-19-10-8-18(9-11-19)22-21(17-5-2-1-3-6-17)16-30(28-22)23(27-13-14-31-25)29-32-20-7-4-12-26-15-20;1-2/h1-12,15,21H,13-14,16,25H2,(H,27,29);1-2H3. The fraction of sp³-hybridized carbons (Fsp3) is 0.240. The Bertz CT molecular complexity index is 1060. The van der Waals surface area contributed by atoms with Gasteiger partial charge >= 0.3 is 0 Å². The van der Waals surface area contributed by atoms with E-state index < -0.39 is 0 Å². The number of hydrazone groups is 1. The number of nitrogens with zero attached hydrogens (tertiary/aromatic N) is 4. The Morgan fingerprint density at radius 3 is 2.56 bits per heavy atom. The van der Waals surface area contributed by atoms with E-state index in [0.29, 0.717) is 24.8 Å². The first-order valence-corrected chi connectivity index (χ1v) is 13.0. The predicted octanol–water partition coefficient (Wildman–Crippen LogP) is 5.31. The SMILES string of the molecule is CC.NSCCN=C(NSc1cccnc1)N1CC(c2ccccc2)C(c2ccc(F)cc2)=N1. The zero-order valence-electron chi connectivity index (χ0n) is 19.3.